The summed E-state index contributed by atoms with van der Waals surface area (Å²) in [5.74, 6) is -0.215. The van der Waals surface area contributed by atoms with Crippen LogP contribution in [0.1, 0.15) is 11.1 Å². The molecule has 2 N–H and O–H groups in total. The van der Waals surface area contributed by atoms with Gasteiger partial charge in [0.05, 0.1) is 6.42 Å². The molecule has 0 saturated carbocycles. The Balaban J connectivity index is 1.61. The largest absolute Gasteiger partial charge is 0.472 e. The fourth-order valence-corrected chi connectivity index (χ4v) is 2.96. The van der Waals surface area contributed by atoms with Crippen LogP contribution < -0.4 is 10.1 Å². The van der Waals surface area contributed by atoms with Gasteiger partial charge in [0.1, 0.15) is 12.4 Å². The van der Waals surface area contributed by atoms with E-state index in [-0.39, 0.29) is 12.3 Å². The van der Waals surface area contributed by atoms with Crippen molar-refractivity contribution >= 4 is 39.1 Å². The molecule has 0 atom stereocenters. The summed E-state index contributed by atoms with van der Waals surface area (Å²) < 4.78 is 19.6. The maximum absolute atomic E-state index is 13.3. The second-order valence-corrected chi connectivity index (χ2v) is 6.73. The summed E-state index contributed by atoms with van der Waals surface area (Å²) in [6, 6.07) is 11.0. The first-order chi connectivity index (χ1) is 12.5. The van der Waals surface area contributed by atoms with E-state index in [1.165, 1.54) is 18.2 Å². The van der Waals surface area contributed by atoms with Gasteiger partial charge < -0.3 is 10.1 Å². The van der Waals surface area contributed by atoms with Crippen molar-refractivity contribution in [2.45, 2.75) is 13.0 Å². The summed E-state index contributed by atoms with van der Waals surface area (Å²) in [7, 11) is 0. The normalized spacial score (nSPS) is 10.6. The van der Waals surface area contributed by atoms with Crippen LogP contribution in [0.15, 0.2) is 53.1 Å². The molecule has 1 aromatic heterocycles. The Hall–Kier alpha value is -2.38. The number of aromatic amines is 1. The lowest BCUT2D eigenvalue weighted by atomic mass is 10.1. The third-order valence-electron chi connectivity index (χ3n) is 3.55. The van der Waals surface area contributed by atoms with E-state index in [1.54, 1.807) is 24.4 Å². The first-order valence-corrected chi connectivity index (χ1v) is 8.83. The maximum Gasteiger partial charge on any atom is 0.232 e. The molecule has 0 fully saturated rings. The van der Waals surface area contributed by atoms with Crippen molar-refractivity contribution in [2.24, 2.45) is 0 Å². The van der Waals surface area contributed by atoms with Gasteiger partial charge in [0.2, 0.25) is 11.8 Å². The van der Waals surface area contributed by atoms with Crippen LogP contribution >= 0.6 is 27.5 Å². The Labute approximate surface area is 162 Å². The second-order valence-electron chi connectivity index (χ2n) is 5.47. The number of nitrogens with zero attached hydrogens (tertiary/aromatic N) is 1. The van der Waals surface area contributed by atoms with Crippen LogP contribution in [0, 0.1) is 5.82 Å². The van der Waals surface area contributed by atoms with Crippen molar-refractivity contribution in [3.63, 3.8) is 0 Å². The van der Waals surface area contributed by atoms with Gasteiger partial charge >= 0.3 is 0 Å². The fraction of sp³-hybridized carbons (Fsp3) is 0.111. The molecule has 0 radical (unpaired) electrons. The lowest BCUT2D eigenvalue weighted by molar-refractivity contribution is -0.115. The van der Waals surface area contributed by atoms with Crippen LogP contribution in [0.2, 0.25) is 5.02 Å². The van der Waals surface area contributed by atoms with Crippen molar-refractivity contribution < 1.29 is 13.9 Å². The van der Waals surface area contributed by atoms with E-state index in [4.69, 9.17) is 16.3 Å². The van der Waals surface area contributed by atoms with E-state index in [2.05, 4.69) is 31.4 Å². The summed E-state index contributed by atoms with van der Waals surface area (Å²) in [6.45, 7) is 0.332. The Bertz CT molecular complexity index is 919. The first kappa shape index (κ1) is 18.4. The quantitative estimate of drug-likeness (QED) is 0.585. The molecule has 0 aliphatic heterocycles. The van der Waals surface area contributed by atoms with Gasteiger partial charge in [-0.3, -0.25) is 9.89 Å². The number of halogens is 3. The van der Waals surface area contributed by atoms with Gasteiger partial charge in [-0.1, -0.05) is 33.6 Å². The SMILES string of the molecule is O=C(Cc1cc(F)ccc1Cl)Nc1ccc(COc2cc[nH]n2)c(Br)c1. The molecule has 26 heavy (non-hydrogen) atoms. The van der Waals surface area contributed by atoms with Gasteiger partial charge in [0.25, 0.3) is 0 Å². The fourth-order valence-electron chi connectivity index (χ4n) is 2.28. The third kappa shape index (κ3) is 4.83. The molecular weight excluding hydrogens is 425 g/mol. The number of benzene rings is 2. The number of carbonyl (C=O) groups excluding carboxylic acids is 1. The molecule has 3 rings (SSSR count). The Morgan fingerprint density at radius 2 is 2.08 bits per heavy atom. The minimum absolute atomic E-state index is 0.0156. The highest BCUT2D eigenvalue weighted by atomic mass is 79.9. The number of H-pyrrole nitrogens is 1. The van der Waals surface area contributed by atoms with Crippen LogP contribution in [0.4, 0.5) is 10.1 Å². The second kappa shape index (κ2) is 8.33. The van der Waals surface area contributed by atoms with Gasteiger partial charge in [-0.05, 0) is 35.9 Å². The minimum Gasteiger partial charge on any atom is -0.472 e. The lowest BCUT2D eigenvalue weighted by Gasteiger charge is -2.10. The van der Waals surface area contributed by atoms with Gasteiger partial charge in [-0.2, -0.15) is 0 Å². The summed E-state index contributed by atoms with van der Waals surface area (Å²) in [5, 5.41) is 9.71. The molecular formula is C18H14BrClFN3O2. The topological polar surface area (TPSA) is 67.0 Å². The molecule has 1 amide bonds. The zero-order valence-corrected chi connectivity index (χ0v) is 15.8. The summed E-state index contributed by atoms with van der Waals surface area (Å²) >= 11 is 9.45. The molecule has 0 aliphatic rings. The van der Waals surface area contributed by atoms with E-state index in [0.717, 1.165) is 10.0 Å². The number of anilines is 1. The number of aromatic nitrogens is 2. The van der Waals surface area contributed by atoms with Crippen LogP contribution in [-0.4, -0.2) is 16.1 Å². The number of nitrogens with one attached hydrogen (secondary N) is 2. The molecule has 0 spiro atoms. The minimum atomic E-state index is -0.429. The van der Waals surface area contributed by atoms with E-state index >= 15 is 0 Å². The van der Waals surface area contributed by atoms with Crippen molar-refractivity contribution in [1.82, 2.24) is 10.2 Å². The smallest absolute Gasteiger partial charge is 0.232 e. The van der Waals surface area contributed by atoms with Crippen LogP contribution in [0.25, 0.3) is 0 Å². The molecule has 8 heteroatoms. The average molecular weight is 439 g/mol. The molecule has 3 aromatic rings. The highest BCUT2D eigenvalue weighted by molar-refractivity contribution is 9.10. The van der Waals surface area contributed by atoms with E-state index in [9.17, 15) is 9.18 Å². The van der Waals surface area contributed by atoms with E-state index in [1.807, 2.05) is 6.07 Å². The molecule has 0 unspecified atom stereocenters. The zero-order valence-electron chi connectivity index (χ0n) is 13.4. The Morgan fingerprint density at radius 1 is 1.23 bits per heavy atom. The van der Waals surface area contributed by atoms with Crippen LogP contribution in [0.5, 0.6) is 5.88 Å². The van der Waals surface area contributed by atoms with Crippen molar-refractivity contribution in [2.75, 3.05) is 5.32 Å². The van der Waals surface area contributed by atoms with Crippen molar-refractivity contribution in [3.05, 3.63) is 75.1 Å². The number of amides is 1. The Morgan fingerprint density at radius 3 is 2.81 bits per heavy atom. The number of hydrogen-bond acceptors (Lipinski definition) is 3. The number of hydrogen-bond donors (Lipinski definition) is 2. The molecule has 134 valence electrons. The molecule has 2 aromatic carbocycles. The average Bonchev–Trinajstić information content (AvgIpc) is 3.11. The highest BCUT2D eigenvalue weighted by Gasteiger charge is 2.10. The number of rotatable bonds is 6. The third-order valence-corrected chi connectivity index (χ3v) is 4.65. The summed E-state index contributed by atoms with van der Waals surface area (Å²) in [4.78, 5) is 12.2. The summed E-state index contributed by atoms with van der Waals surface area (Å²) in [6.07, 6.45) is 1.66. The highest BCUT2D eigenvalue weighted by Crippen LogP contribution is 2.24. The number of carbonyl (C=O) groups is 1. The van der Waals surface area contributed by atoms with Gasteiger partial charge in [0, 0.05) is 33.0 Å². The molecule has 0 aliphatic carbocycles. The maximum atomic E-state index is 13.3. The standard InChI is InChI=1S/C18H14BrClFN3O2/c19-15-9-14(3-1-11(15)10-26-18-5-6-22-24-18)23-17(25)8-12-7-13(21)2-4-16(12)20/h1-7,9H,8,10H2,(H,22,24)(H,23,25). The van der Waals surface area contributed by atoms with Crippen molar-refractivity contribution in [1.29, 1.82) is 0 Å². The van der Waals surface area contributed by atoms with Crippen molar-refractivity contribution in [3.8, 4) is 5.88 Å². The van der Waals surface area contributed by atoms with Gasteiger partial charge in [0.15, 0.2) is 0 Å². The predicted octanol–water partition coefficient (Wildman–Crippen LogP) is 4.72. The Kier molecular flexibility index (Phi) is 5.90. The monoisotopic (exact) mass is 437 g/mol. The van der Waals surface area contributed by atoms with Crippen LogP contribution in [-0.2, 0) is 17.8 Å². The zero-order chi connectivity index (χ0) is 18.5. The van der Waals surface area contributed by atoms with E-state index < -0.39 is 5.82 Å². The molecule has 0 saturated heterocycles. The van der Waals surface area contributed by atoms with E-state index in [0.29, 0.717) is 28.8 Å². The van der Waals surface area contributed by atoms with Gasteiger partial charge in [-0.25, -0.2) is 4.39 Å². The molecule has 5 nitrogen and oxygen atoms in total. The molecule has 0 bridgehead atoms. The molecule has 1 heterocycles. The lowest BCUT2D eigenvalue weighted by Crippen LogP contribution is -2.15. The predicted molar refractivity (Wildman–Crippen MR) is 101 cm³/mol. The first-order valence-electron chi connectivity index (χ1n) is 7.66. The number of ether oxygens (including phenoxy) is 1. The van der Waals surface area contributed by atoms with Crippen LogP contribution in [0.3, 0.4) is 0 Å². The summed E-state index contributed by atoms with van der Waals surface area (Å²) in [5.41, 5.74) is 1.95. The van der Waals surface area contributed by atoms with Gasteiger partial charge in [-0.15, -0.1) is 5.10 Å².